The first-order valence-corrected chi connectivity index (χ1v) is 13.7. The van der Waals surface area contributed by atoms with Gasteiger partial charge in [-0.15, -0.1) is 0 Å². The van der Waals surface area contributed by atoms with Crippen molar-refractivity contribution in [3.63, 3.8) is 0 Å². The van der Waals surface area contributed by atoms with Gasteiger partial charge >= 0.3 is 0 Å². The van der Waals surface area contributed by atoms with Crippen molar-refractivity contribution in [3.8, 4) is 0 Å². The highest BCUT2D eigenvalue weighted by Gasteiger charge is 2.38. The Morgan fingerprint density at radius 1 is 0.969 bits per heavy atom. The molecule has 1 fully saturated rings. The Labute approximate surface area is 189 Å². The highest BCUT2D eigenvalue weighted by molar-refractivity contribution is 7.89. The monoisotopic (exact) mass is 477 g/mol. The molecule has 0 aromatic heterocycles. The lowest BCUT2D eigenvalue weighted by atomic mass is 9.95. The molecular formula is C22H27N3O5S2. The fraction of sp³-hybridized carbons (Fsp3) is 0.409. The van der Waals surface area contributed by atoms with E-state index in [1.807, 2.05) is 24.3 Å². The Morgan fingerprint density at radius 2 is 1.59 bits per heavy atom. The number of hydrogen-bond donors (Lipinski definition) is 1. The molecule has 10 heteroatoms. The zero-order chi connectivity index (χ0) is 22.9. The van der Waals surface area contributed by atoms with E-state index in [1.54, 1.807) is 6.92 Å². The normalized spacial score (nSPS) is 20.1. The quantitative estimate of drug-likeness (QED) is 0.687. The van der Waals surface area contributed by atoms with Gasteiger partial charge in [0.25, 0.3) is 0 Å². The molecule has 2 aliphatic rings. The Balaban J connectivity index is 1.54. The standard InChI is InChI=1S/C22H27N3O5S2/c1-2-31(27,28)25-16-18-8-4-3-7-17(18)15-21(25)22(26)23-19-9-11-20(12-10-19)32(29,30)24-13-5-6-14-24/h3-4,7-12,21H,2,5-6,13-16H2,1H3,(H,23,26)/t21-/m0/s1. The van der Waals surface area contributed by atoms with Crippen LogP contribution < -0.4 is 5.32 Å². The molecule has 0 aliphatic carbocycles. The van der Waals surface area contributed by atoms with Gasteiger partial charge in [-0.25, -0.2) is 16.8 Å². The van der Waals surface area contributed by atoms with Gasteiger partial charge in [-0.2, -0.15) is 8.61 Å². The Bertz CT molecular complexity index is 1200. The number of nitrogens with zero attached hydrogens (tertiary/aromatic N) is 2. The molecule has 2 aromatic carbocycles. The summed E-state index contributed by atoms with van der Waals surface area (Å²) in [6, 6.07) is 12.7. The van der Waals surface area contributed by atoms with Crippen LogP contribution in [0, 0.1) is 0 Å². The van der Waals surface area contributed by atoms with Crippen molar-refractivity contribution in [2.24, 2.45) is 0 Å². The maximum atomic E-state index is 13.1. The van der Waals surface area contributed by atoms with E-state index in [2.05, 4.69) is 5.32 Å². The van der Waals surface area contributed by atoms with Gasteiger partial charge in [0.1, 0.15) is 6.04 Å². The van der Waals surface area contributed by atoms with E-state index in [9.17, 15) is 21.6 Å². The van der Waals surface area contributed by atoms with Crippen LogP contribution in [0.3, 0.4) is 0 Å². The molecule has 1 atom stereocenters. The third-order valence-electron chi connectivity index (χ3n) is 6.05. The van der Waals surface area contributed by atoms with Crippen LogP contribution >= 0.6 is 0 Å². The second kappa shape index (κ2) is 8.93. The molecule has 4 rings (SSSR count). The molecule has 172 valence electrons. The average Bonchev–Trinajstić information content (AvgIpc) is 3.34. The summed E-state index contributed by atoms with van der Waals surface area (Å²) < 4.78 is 53.5. The summed E-state index contributed by atoms with van der Waals surface area (Å²) in [7, 11) is -7.13. The second-order valence-corrected chi connectivity index (χ2v) is 12.2. The first-order chi connectivity index (χ1) is 15.2. The maximum absolute atomic E-state index is 13.1. The van der Waals surface area contributed by atoms with E-state index in [-0.39, 0.29) is 23.6 Å². The van der Waals surface area contributed by atoms with E-state index >= 15 is 0 Å². The lowest BCUT2D eigenvalue weighted by Crippen LogP contribution is -2.51. The summed E-state index contributed by atoms with van der Waals surface area (Å²) in [5.74, 6) is -0.533. The lowest BCUT2D eigenvalue weighted by molar-refractivity contribution is -0.120. The number of benzene rings is 2. The van der Waals surface area contributed by atoms with Gasteiger partial charge in [0, 0.05) is 25.3 Å². The van der Waals surface area contributed by atoms with Crippen LogP contribution in [-0.2, 0) is 37.8 Å². The number of amides is 1. The first-order valence-electron chi connectivity index (χ1n) is 10.7. The molecule has 0 radical (unpaired) electrons. The SMILES string of the molecule is CCS(=O)(=O)N1Cc2ccccc2C[C@H]1C(=O)Nc1ccc(S(=O)(=O)N2CCCC2)cc1. The smallest absolute Gasteiger partial charge is 0.243 e. The Morgan fingerprint density at radius 3 is 2.22 bits per heavy atom. The van der Waals surface area contributed by atoms with Crippen LogP contribution in [0.15, 0.2) is 53.4 Å². The van der Waals surface area contributed by atoms with Crippen molar-refractivity contribution < 1.29 is 21.6 Å². The fourth-order valence-electron chi connectivity index (χ4n) is 4.19. The van der Waals surface area contributed by atoms with E-state index in [1.165, 1.54) is 32.9 Å². The number of hydrogen-bond acceptors (Lipinski definition) is 5. The molecule has 0 saturated carbocycles. The molecule has 1 amide bonds. The number of carbonyl (C=O) groups is 1. The summed E-state index contributed by atoms with van der Waals surface area (Å²) in [4.78, 5) is 13.3. The minimum absolute atomic E-state index is 0.0952. The maximum Gasteiger partial charge on any atom is 0.243 e. The van der Waals surface area contributed by atoms with Crippen LogP contribution in [0.5, 0.6) is 0 Å². The molecule has 8 nitrogen and oxygen atoms in total. The van der Waals surface area contributed by atoms with Crippen molar-refractivity contribution in [3.05, 3.63) is 59.7 Å². The fourth-order valence-corrected chi connectivity index (χ4v) is 6.94. The summed E-state index contributed by atoms with van der Waals surface area (Å²) in [6.45, 7) is 2.75. The van der Waals surface area contributed by atoms with Gasteiger partial charge in [0.15, 0.2) is 0 Å². The number of anilines is 1. The van der Waals surface area contributed by atoms with E-state index < -0.39 is 32.0 Å². The number of rotatable bonds is 6. The van der Waals surface area contributed by atoms with Crippen LogP contribution in [0.4, 0.5) is 5.69 Å². The molecule has 0 unspecified atom stereocenters. The summed E-state index contributed by atoms with van der Waals surface area (Å²) in [6.07, 6.45) is 1.99. The van der Waals surface area contributed by atoms with Crippen molar-refractivity contribution >= 4 is 31.6 Å². The molecule has 2 aliphatic heterocycles. The van der Waals surface area contributed by atoms with E-state index in [0.717, 1.165) is 24.0 Å². The third kappa shape index (κ3) is 4.45. The predicted octanol–water partition coefficient (Wildman–Crippen LogP) is 2.19. The topological polar surface area (TPSA) is 104 Å². The van der Waals surface area contributed by atoms with Gasteiger partial charge in [0.05, 0.1) is 10.6 Å². The van der Waals surface area contributed by atoms with Gasteiger partial charge in [-0.05, 0) is 61.6 Å². The molecule has 1 saturated heterocycles. The highest BCUT2D eigenvalue weighted by Crippen LogP contribution is 2.27. The van der Waals surface area contributed by atoms with Crippen LogP contribution in [-0.4, -0.2) is 56.2 Å². The van der Waals surface area contributed by atoms with Crippen LogP contribution in [0.25, 0.3) is 0 Å². The van der Waals surface area contributed by atoms with Crippen molar-refractivity contribution in [2.75, 3.05) is 24.2 Å². The molecule has 32 heavy (non-hydrogen) atoms. The zero-order valence-corrected chi connectivity index (χ0v) is 19.5. The largest absolute Gasteiger partial charge is 0.325 e. The van der Waals surface area contributed by atoms with E-state index in [4.69, 9.17) is 0 Å². The van der Waals surface area contributed by atoms with Gasteiger partial charge < -0.3 is 5.32 Å². The average molecular weight is 478 g/mol. The zero-order valence-electron chi connectivity index (χ0n) is 17.9. The van der Waals surface area contributed by atoms with E-state index in [0.29, 0.717) is 18.8 Å². The summed E-state index contributed by atoms with van der Waals surface area (Å²) >= 11 is 0. The first kappa shape index (κ1) is 22.9. The number of sulfonamides is 2. The Kier molecular flexibility index (Phi) is 6.39. The number of carbonyl (C=O) groups excluding carboxylic acids is 1. The molecule has 0 spiro atoms. The van der Waals surface area contributed by atoms with Gasteiger partial charge in [-0.1, -0.05) is 24.3 Å². The minimum Gasteiger partial charge on any atom is -0.325 e. The van der Waals surface area contributed by atoms with Gasteiger partial charge in [0.2, 0.25) is 26.0 Å². The van der Waals surface area contributed by atoms with Crippen molar-refractivity contribution in [1.29, 1.82) is 0 Å². The lowest BCUT2D eigenvalue weighted by Gasteiger charge is -2.34. The summed E-state index contributed by atoms with van der Waals surface area (Å²) in [5, 5.41) is 2.76. The number of nitrogens with one attached hydrogen (secondary N) is 1. The van der Waals surface area contributed by atoms with Crippen LogP contribution in [0.1, 0.15) is 30.9 Å². The molecule has 1 N–H and O–H groups in total. The highest BCUT2D eigenvalue weighted by atomic mass is 32.2. The van der Waals surface area contributed by atoms with Crippen LogP contribution in [0.2, 0.25) is 0 Å². The number of fused-ring (bicyclic) bond motifs is 1. The van der Waals surface area contributed by atoms with Crippen molar-refractivity contribution in [2.45, 2.75) is 43.7 Å². The van der Waals surface area contributed by atoms with Gasteiger partial charge in [-0.3, -0.25) is 4.79 Å². The molecule has 2 heterocycles. The second-order valence-electron chi connectivity index (χ2n) is 8.06. The molecule has 2 aromatic rings. The molecule has 0 bridgehead atoms. The third-order valence-corrected chi connectivity index (χ3v) is 9.80. The predicted molar refractivity (Wildman–Crippen MR) is 122 cm³/mol. The molecular weight excluding hydrogens is 450 g/mol. The Hall–Kier alpha value is -2.27. The van der Waals surface area contributed by atoms with Crippen molar-refractivity contribution in [1.82, 2.24) is 8.61 Å². The summed E-state index contributed by atoms with van der Waals surface area (Å²) in [5.41, 5.74) is 2.26. The minimum atomic E-state index is -3.60.